The van der Waals surface area contributed by atoms with Gasteiger partial charge in [-0.05, 0) is 36.1 Å². The molecule has 0 aliphatic rings. The van der Waals surface area contributed by atoms with Crippen molar-refractivity contribution >= 4 is 15.9 Å². The Morgan fingerprint density at radius 2 is 2.26 bits per heavy atom. The standard InChI is InChI=1S/C12H16BrN5O/c1-17(2)5-6-18-11(9(13)7-16-18)12(19)10-3-4-14-8-15-10/h3-4,7-8,12,19H,5-6H2,1-2H3. The molecule has 1 N–H and O–H groups in total. The highest BCUT2D eigenvalue weighted by Gasteiger charge is 2.20. The lowest BCUT2D eigenvalue weighted by Gasteiger charge is -2.15. The maximum absolute atomic E-state index is 10.4. The third-order valence-corrected chi connectivity index (χ3v) is 3.35. The van der Waals surface area contributed by atoms with Crippen molar-refractivity contribution in [3.63, 3.8) is 0 Å². The largest absolute Gasteiger partial charge is 0.380 e. The zero-order chi connectivity index (χ0) is 13.8. The number of likely N-dealkylation sites (N-methyl/N-ethyl adjacent to an activating group) is 1. The van der Waals surface area contributed by atoms with E-state index in [0.29, 0.717) is 17.9 Å². The molecule has 102 valence electrons. The first-order valence-electron chi connectivity index (χ1n) is 5.89. The Bertz CT molecular complexity index is 528. The van der Waals surface area contributed by atoms with E-state index in [-0.39, 0.29) is 0 Å². The highest BCUT2D eigenvalue weighted by Crippen LogP contribution is 2.27. The van der Waals surface area contributed by atoms with Crippen LogP contribution in [0.25, 0.3) is 0 Å². The second kappa shape index (κ2) is 6.23. The molecular weight excluding hydrogens is 310 g/mol. The van der Waals surface area contributed by atoms with E-state index in [0.717, 1.165) is 11.0 Å². The Kier molecular flexibility index (Phi) is 4.62. The van der Waals surface area contributed by atoms with Crippen LogP contribution in [0.4, 0.5) is 0 Å². The molecule has 0 amide bonds. The topological polar surface area (TPSA) is 67.1 Å². The predicted octanol–water partition coefficient (Wildman–Crippen LogP) is 1.08. The fourth-order valence-electron chi connectivity index (χ4n) is 1.72. The summed E-state index contributed by atoms with van der Waals surface area (Å²) in [5, 5.41) is 14.7. The Labute approximate surface area is 120 Å². The average Bonchev–Trinajstić information content (AvgIpc) is 2.78. The highest BCUT2D eigenvalue weighted by molar-refractivity contribution is 9.10. The number of aliphatic hydroxyl groups is 1. The Morgan fingerprint density at radius 3 is 2.89 bits per heavy atom. The molecule has 0 spiro atoms. The van der Waals surface area contributed by atoms with E-state index in [2.05, 4.69) is 35.9 Å². The van der Waals surface area contributed by atoms with E-state index >= 15 is 0 Å². The van der Waals surface area contributed by atoms with Crippen LogP contribution in [0, 0.1) is 0 Å². The van der Waals surface area contributed by atoms with E-state index in [1.807, 2.05) is 14.1 Å². The van der Waals surface area contributed by atoms with Crippen LogP contribution >= 0.6 is 15.9 Å². The number of aromatic nitrogens is 4. The smallest absolute Gasteiger partial charge is 0.139 e. The maximum atomic E-state index is 10.4. The summed E-state index contributed by atoms with van der Waals surface area (Å²) >= 11 is 3.42. The summed E-state index contributed by atoms with van der Waals surface area (Å²) in [4.78, 5) is 9.99. The minimum Gasteiger partial charge on any atom is -0.380 e. The van der Waals surface area contributed by atoms with E-state index in [1.165, 1.54) is 6.33 Å². The van der Waals surface area contributed by atoms with Crippen LogP contribution in [0.15, 0.2) is 29.3 Å². The minimum atomic E-state index is -0.818. The molecule has 0 aliphatic carbocycles. The van der Waals surface area contributed by atoms with Crippen molar-refractivity contribution in [2.45, 2.75) is 12.6 Å². The summed E-state index contributed by atoms with van der Waals surface area (Å²) in [5.74, 6) is 0. The van der Waals surface area contributed by atoms with Gasteiger partial charge in [-0.25, -0.2) is 9.97 Å². The molecule has 0 aliphatic heterocycles. The van der Waals surface area contributed by atoms with Crippen molar-refractivity contribution in [3.05, 3.63) is 40.6 Å². The Morgan fingerprint density at radius 1 is 1.47 bits per heavy atom. The van der Waals surface area contributed by atoms with Crippen molar-refractivity contribution in [3.8, 4) is 0 Å². The van der Waals surface area contributed by atoms with Crippen LogP contribution in [-0.4, -0.2) is 50.4 Å². The van der Waals surface area contributed by atoms with Gasteiger partial charge in [0.2, 0.25) is 0 Å². The highest BCUT2D eigenvalue weighted by atomic mass is 79.9. The second-order valence-corrected chi connectivity index (χ2v) is 5.30. The fraction of sp³-hybridized carbons (Fsp3) is 0.417. The van der Waals surface area contributed by atoms with Gasteiger partial charge < -0.3 is 10.0 Å². The van der Waals surface area contributed by atoms with E-state index < -0.39 is 6.10 Å². The van der Waals surface area contributed by atoms with E-state index in [9.17, 15) is 5.11 Å². The fourth-order valence-corrected chi connectivity index (χ4v) is 2.23. The quantitative estimate of drug-likeness (QED) is 0.891. The molecule has 0 fully saturated rings. The van der Waals surface area contributed by atoms with Crippen LogP contribution < -0.4 is 0 Å². The first kappa shape index (κ1) is 14.1. The molecule has 1 atom stereocenters. The molecule has 7 heteroatoms. The average molecular weight is 326 g/mol. The van der Waals surface area contributed by atoms with Gasteiger partial charge >= 0.3 is 0 Å². The van der Waals surface area contributed by atoms with Crippen LogP contribution in [0.3, 0.4) is 0 Å². The molecule has 19 heavy (non-hydrogen) atoms. The van der Waals surface area contributed by atoms with Gasteiger partial charge in [0, 0.05) is 12.7 Å². The number of hydrogen-bond acceptors (Lipinski definition) is 5. The van der Waals surface area contributed by atoms with Crippen molar-refractivity contribution in [1.82, 2.24) is 24.6 Å². The lowest BCUT2D eigenvalue weighted by Crippen LogP contribution is -2.21. The van der Waals surface area contributed by atoms with Gasteiger partial charge in [0.25, 0.3) is 0 Å². The van der Waals surface area contributed by atoms with Crippen molar-refractivity contribution < 1.29 is 5.11 Å². The van der Waals surface area contributed by atoms with Crippen molar-refractivity contribution in [2.75, 3.05) is 20.6 Å². The first-order valence-corrected chi connectivity index (χ1v) is 6.69. The zero-order valence-electron chi connectivity index (χ0n) is 10.9. The number of rotatable bonds is 5. The van der Waals surface area contributed by atoms with Gasteiger partial charge in [-0.15, -0.1) is 0 Å². The SMILES string of the molecule is CN(C)CCn1ncc(Br)c1C(O)c1ccncn1. The molecule has 0 saturated heterocycles. The molecule has 2 aromatic rings. The molecule has 0 bridgehead atoms. The predicted molar refractivity (Wildman–Crippen MR) is 74.6 cm³/mol. The molecule has 6 nitrogen and oxygen atoms in total. The summed E-state index contributed by atoms with van der Waals surface area (Å²) in [6, 6.07) is 1.69. The molecular formula is C12H16BrN5O. The normalized spacial score (nSPS) is 12.9. The molecule has 0 aromatic carbocycles. The lowest BCUT2D eigenvalue weighted by atomic mass is 10.2. The number of hydrogen-bond donors (Lipinski definition) is 1. The Balaban J connectivity index is 2.26. The third kappa shape index (κ3) is 3.37. The monoisotopic (exact) mass is 325 g/mol. The minimum absolute atomic E-state index is 0.558. The lowest BCUT2D eigenvalue weighted by molar-refractivity contribution is 0.200. The van der Waals surface area contributed by atoms with Crippen molar-refractivity contribution in [2.24, 2.45) is 0 Å². The summed E-state index contributed by atoms with van der Waals surface area (Å²) in [5.41, 5.74) is 1.27. The second-order valence-electron chi connectivity index (χ2n) is 4.44. The maximum Gasteiger partial charge on any atom is 0.139 e. The van der Waals surface area contributed by atoms with Gasteiger partial charge in [0.05, 0.1) is 28.6 Å². The summed E-state index contributed by atoms with van der Waals surface area (Å²) in [7, 11) is 4.00. The molecule has 2 heterocycles. The summed E-state index contributed by atoms with van der Waals surface area (Å²) in [6.45, 7) is 1.55. The number of aliphatic hydroxyl groups excluding tert-OH is 1. The summed E-state index contributed by atoms with van der Waals surface area (Å²) < 4.78 is 2.56. The van der Waals surface area contributed by atoms with Gasteiger partial charge in [0.1, 0.15) is 12.4 Å². The van der Waals surface area contributed by atoms with Gasteiger partial charge in [0.15, 0.2) is 0 Å². The number of halogens is 1. The first-order chi connectivity index (χ1) is 9.09. The van der Waals surface area contributed by atoms with Crippen LogP contribution in [0.1, 0.15) is 17.5 Å². The van der Waals surface area contributed by atoms with E-state index in [4.69, 9.17) is 0 Å². The molecule has 2 rings (SSSR count). The number of nitrogens with zero attached hydrogens (tertiary/aromatic N) is 5. The molecule has 0 saturated carbocycles. The van der Waals surface area contributed by atoms with Crippen LogP contribution in [0.5, 0.6) is 0 Å². The van der Waals surface area contributed by atoms with E-state index in [1.54, 1.807) is 23.1 Å². The van der Waals surface area contributed by atoms with Gasteiger partial charge in [-0.2, -0.15) is 5.10 Å². The third-order valence-electron chi connectivity index (χ3n) is 2.74. The zero-order valence-corrected chi connectivity index (χ0v) is 12.4. The molecule has 1 unspecified atom stereocenters. The molecule has 2 aromatic heterocycles. The van der Waals surface area contributed by atoms with Crippen LogP contribution in [0.2, 0.25) is 0 Å². The molecule has 0 radical (unpaired) electrons. The summed E-state index contributed by atoms with van der Waals surface area (Å²) in [6.07, 6.45) is 3.91. The van der Waals surface area contributed by atoms with Gasteiger partial charge in [-0.1, -0.05) is 0 Å². The van der Waals surface area contributed by atoms with Crippen molar-refractivity contribution in [1.29, 1.82) is 0 Å². The van der Waals surface area contributed by atoms with Crippen LogP contribution in [-0.2, 0) is 6.54 Å². The van der Waals surface area contributed by atoms with Gasteiger partial charge in [-0.3, -0.25) is 4.68 Å². The Hall–Kier alpha value is -1.31.